The second kappa shape index (κ2) is 8.32. The molecule has 8 heteroatoms. The lowest BCUT2D eigenvalue weighted by molar-refractivity contribution is -0.132. The molecule has 0 radical (unpaired) electrons. The minimum Gasteiger partial charge on any atom is -0.340 e. The van der Waals surface area contributed by atoms with Gasteiger partial charge >= 0.3 is 0 Å². The monoisotopic (exact) mass is 380 g/mol. The third kappa shape index (κ3) is 4.53. The van der Waals surface area contributed by atoms with Gasteiger partial charge in [0.25, 0.3) is 0 Å². The molecule has 4 heterocycles. The second-order valence-corrected chi connectivity index (χ2v) is 7.26. The SMILES string of the molecule is O=C(Cc1csc(-c2ncccn2)n1)N1CCN(Cc2ccncc2)CC1. The summed E-state index contributed by atoms with van der Waals surface area (Å²) >= 11 is 1.47. The predicted octanol–water partition coefficient (Wildman–Crippen LogP) is 1.88. The summed E-state index contributed by atoms with van der Waals surface area (Å²) in [7, 11) is 0. The van der Waals surface area contributed by atoms with Gasteiger partial charge in [0.05, 0.1) is 12.1 Å². The van der Waals surface area contributed by atoms with Crippen molar-refractivity contribution in [2.75, 3.05) is 26.2 Å². The average Bonchev–Trinajstić information content (AvgIpc) is 3.18. The number of piperazine rings is 1. The van der Waals surface area contributed by atoms with Crippen LogP contribution in [0.3, 0.4) is 0 Å². The molecule has 0 N–H and O–H groups in total. The lowest BCUT2D eigenvalue weighted by atomic mass is 10.2. The van der Waals surface area contributed by atoms with Crippen molar-refractivity contribution >= 4 is 17.2 Å². The summed E-state index contributed by atoms with van der Waals surface area (Å²) in [5.74, 6) is 0.732. The Labute approximate surface area is 161 Å². The van der Waals surface area contributed by atoms with E-state index in [-0.39, 0.29) is 5.91 Å². The molecule has 0 spiro atoms. The van der Waals surface area contributed by atoms with Crippen molar-refractivity contribution in [3.63, 3.8) is 0 Å². The Kier molecular flexibility index (Phi) is 5.45. The van der Waals surface area contributed by atoms with Gasteiger partial charge in [-0.3, -0.25) is 14.7 Å². The molecule has 27 heavy (non-hydrogen) atoms. The molecule has 1 aliphatic heterocycles. The van der Waals surface area contributed by atoms with Gasteiger partial charge in [-0.15, -0.1) is 11.3 Å². The van der Waals surface area contributed by atoms with E-state index >= 15 is 0 Å². The normalized spacial score (nSPS) is 15.0. The molecule has 0 bridgehead atoms. The first kappa shape index (κ1) is 17.7. The molecule has 0 aliphatic carbocycles. The van der Waals surface area contributed by atoms with E-state index in [1.165, 1.54) is 16.9 Å². The largest absolute Gasteiger partial charge is 0.340 e. The van der Waals surface area contributed by atoms with Crippen molar-refractivity contribution in [2.24, 2.45) is 0 Å². The Morgan fingerprint density at radius 3 is 2.52 bits per heavy atom. The molecule has 7 nitrogen and oxygen atoms in total. The molecular formula is C19H20N6OS. The highest BCUT2D eigenvalue weighted by Gasteiger charge is 2.22. The molecule has 0 atom stereocenters. The van der Waals surface area contributed by atoms with Crippen LogP contribution in [0.4, 0.5) is 0 Å². The number of carbonyl (C=O) groups excluding carboxylic acids is 1. The average molecular weight is 380 g/mol. The minimum atomic E-state index is 0.129. The van der Waals surface area contributed by atoms with Crippen LogP contribution >= 0.6 is 11.3 Å². The fourth-order valence-corrected chi connectivity index (χ4v) is 3.83. The number of pyridine rings is 1. The molecule has 4 rings (SSSR count). The molecular weight excluding hydrogens is 360 g/mol. The topological polar surface area (TPSA) is 75.1 Å². The van der Waals surface area contributed by atoms with Crippen LogP contribution in [-0.2, 0) is 17.8 Å². The van der Waals surface area contributed by atoms with Gasteiger partial charge in [-0.25, -0.2) is 15.0 Å². The summed E-state index contributed by atoms with van der Waals surface area (Å²) in [6.45, 7) is 4.17. The van der Waals surface area contributed by atoms with E-state index in [0.717, 1.165) is 43.4 Å². The summed E-state index contributed by atoms with van der Waals surface area (Å²) in [5.41, 5.74) is 2.04. The van der Waals surface area contributed by atoms with Crippen molar-refractivity contribution in [1.82, 2.24) is 29.7 Å². The number of nitrogens with zero attached hydrogens (tertiary/aromatic N) is 6. The second-order valence-electron chi connectivity index (χ2n) is 6.41. The van der Waals surface area contributed by atoms with Crippen LogP contribution in [0.15, 0.2) is 48.4 Å². The maximum absolute atomic E-state index is 12.6. The molecule has 3 aromatic heterocycles. The van der Waals surface area contributed by atoms with Gasteiger partial charge < -0.3 is 4.90 Å². The molecule has 0 aromatic carbocycles. The summed E-state index contributed by atoms with van der Waals surface area (Å²) in [6, 6.07) is 5.84. The zero-order chi connectivity index (χ0) is 18.5. The third-order valence-corrected chi connectivity index (χ3v) is 5.41. The summed E-state index contributed by atoms with van der Waals surface area (Å²) in [4.78, 5) is 33.9. The van der Waals surface area contributed by atoms with Crippen LogP contribution in [0, 0.1) is 0 Å². The van der Waals surface area contributed by atoms with E-state index in [1.807, 2.05) is 34.8 Å². The number of hydrogen-bond donors (Lipinski definition) is 0. The van der Waals surface area contributed by atoms with E-state index in [0.29, 0.717) is 12.2 Å². The predicted molar refractivity (Wildman–Crippen MR) is 103 cm³/mol. The number of rotatable bonds is 5. The number of amides is 1. The highest BCUT2D eigenvalue weighted by molar-refractivity contribution is 7.13. The quantitative estimate of drug-likeness (QED) is 0.673. The first-order valence-electron chi connectivity index (χ1n) is 8.89. The van der Waals surface area contributed by atoms with Gasteiger partial charge in [0.1, 0.15) is 0 Å². The van der Waals surface area contributed by atoms with E-state index in [9.17, 15) is 4.79 Å². The lowest BCUT2D eigenvalue weighted by Gasteiger charge is -2.34. The Morgan fingerprint density at radius 2 is 1.78 bits per heavy atom. The Morgan fingerprint density at radius 1 is 1.04 bits per heavy atom. The highest BCUT2D eigenvalue weighted by atomic mass is 32.1. The molecule has 1 amide bonds. The van der Waals surface area contributed by atoms with Crippen molar-refractivity contribution in [3.05, 3.63) is 59.6 Å². The minimum absolute atomic E-state index is 0.129. The van der Waals surface area contributed by atoms with E-state index < -0.39 is 0 Å². The standard InChI is InChI=1S/C19H20N6OS/c26-17(12-16-14-27-19(23-16)18-21-4-1-5-22-18)25-10-8-24(9-11-25)13-15-2-6-20-7-3-15/h1-7,14H,8-13H2. The Hall–Kier alpha value is -2.71. The van der Waals surface area contributed by atoms with Crippen molar-refractivity contribution < 1.29 is 4.79 Å². The molecule has 3 aromatic rings. The molecule has 1 aliphatic rings. The smallest absolute Gasteiger partial charge is 0.228 e. The Balaban J connectivity index is 1.29. The van der Waals surface area contributed by atoms with Crippen LogP contribution < -0.4 is 0 Å². The van der Waals surface area contributed by atoms with Crippen LogP contribution in [0.2, 0.25) is 0 Å². The van der Waals surface area contributed by atoms with Crippen LogP contribution in [0.5, 0.6) is 0 Å². The molecule has 1 fully saturated rings. The first-order valence-corrected chi connectivity index (χ1v) is 9.77. The van der Waals surface area contributed by atoms with Crippen molar-refractivity contribution in [3.8, 4) is 10.8 Å². The van der Waals surface area contributed by atoms with Crippen LogP contribution in [-0.4, -0.2) is 61.8 Å². The van der Waals surface area contributed by atoms with Gasteiger partial charge in [-0.2, -0.15) is 0 Å². The van der Waals surface area contributed by atoms with Gasteiger partial charge in [0.2, 0.25) is 5.91 Å². The number of thiazole rings is 1. The molecule has 138 valence electrons. The summed E-state index contributed by atoms with van der Waals surface area (Å²) in [5, 5.41) is 2.67. The fraction of sp³-hybridized carbons (Fsp3) is 0.316. The summed E-state index contributed by atoms with van der Waals surface area (Å²) < 4.78 is 0. The zero-order valence-corrected chi connectivity index (χ0v) is 15.7. The van der Waals surface area contributed by atoms with Gasteiger partial charge in [0, 0.05) is 62.9 Å². The number of aromatic nitrogens is 4. The fourth-order valence-electron chi connectivity index (χ4n) is 3.07. The van der Waals surface area contributed by atoms with Crippen molar-refractivity contribution in [2.45, 2.75) is 13.0 Å². The Bertz CT molecular complexity index is 877. The van der Waals surface area contributed by atoms with Gasteiger partial charge in [-0.1, -0.05) is 0 Å². The van der Waals surface area contributed by atoms with Crippen LogP contribution in [0.1, 0.15) is 11.3 Å². The van der Waals surface area contributed by atoms with Crippen LogP contribution in [0.25, 0.3) is 10.8 Å². The van der Waals surface area contributed by atoms with E-state index in [4.69, 9.17) is 0 Å². The number of hydrogen-bond acceptors (Lipinski definition) is 7. The molecule has 0 unspecified atom stereocenters. The maximum atomic E-state index is 12.6. The number of carbonyl (C=O) groups is 1. The van der Waals surface area contributed by atoms with E-state index in [1.54, 1.807) is 18.5 Å². The summed E-state index contributed by atoms with van der Waals surface area (Å²) in [6.07, 6.45) is 7.35. The third-order valence-electron chi connectivity index (χ3n) is 4.52. The molecule has 0 saturated carbocycles. The van der Waals surface area contributed by atoms with Crippen molar-refractivity contribution in [1.29, 1.82) is 0 Å². The lowest BCUT2D eigenvalue weighted by Crippen LogP contribution is -2.48. The zero-order valence-electron chi connectivity index (χ0n) is 14.9. The van der Waals surface area contributed by atoms with E-state index in [2.05, 4.69) is 24.8 Å². The highest BCUT2D eigenvalue weighted by Crippen LogP contribution is 2.20. The maximum Gasteiger partial charge on any atom is 0.228 e. The molecule has 1 saturated heterocycles. The van der Waals surface area contributed by atoms with Gasteiger partial charge in [-0.05, 0) is 23.8 Å². The van der Waals surface area contributed by atoms with Gasteiger partial charge in [0.15, 0.2) is 10.8 Å². The first-order chi connectivity index (χ1) is 13.3.